The number of hydrogen-bond acceptors (Lipinski definition) is 5. The Balaban J connectivity index is 1.88. The number of nitrogens with zero attached hydrogens (tertiary/aromatic N) is 1. The van der Waals surface area contributed by atoms with Crippen LogP contribution in [-0.2, 0) is 6.42 Å². The van der Waals surface area contributed by atoms with E-state index in [1.165, 1.54) is 16.7 Å². The molecule has 0 aliphatic heterocycles. The maximum absolute atomic E-state index is 11.9. The number of thiazole rings is 1. The zero-order valence-corrected chi connectivity index (χ0v) is 12.2. The maximum atomic E-state index is 11.9. The number of benzene rings is 1. The number of rotatable bonds is 5. The van der Waals surface area contributed by atoms with Crippen molar-refractivity contribution in [1.29, 1.82) is 0 Å². The van der Waals surface area contributed by atoms with Gasteiger partial charge in [0, 0.05) is 29.6 Å². The lowest BCUT2D eigenvalue weighted by Crippen LogP contribution is -2.25. The van der Waals surface area contributed by atoms with Crippen molar-refractivity contribution in [2.24, 2.45) is 0 Å². The summed E-state index contributed by atoms with van der Waals surface area (Å²) in [6.45, 7) is 2.26. The Labute approximate surface area is 125 Å². The number of carbonyl (C=O) groups is 2. The van der Waals surface area contributed by atoms with Crippen LogP contribution in [0.5, 0.6) is 0 Å². The summed E-state index contributed by atoms with van der Waals surface area (Å²) in [5.74, 6) is -1.26. The number of nitrogen functional groups attached to an aromatic ring is 1. The highest BCUT2D eigenvalue weighted by atomic mass is 32.1. The van der Waals surface area contributed by atoms with Crippen molar-refractivity contribution in [3.63, 3.8) is 0 Å². The fraction of sp³-hybridized carbons (Fsp3) is 0.214. The van der Waals surface area contributed by atoms with Gasteiger partial charge in [-0.25, -0.2) is 9.78 Å². The summed E-state index contributed by atoms with van der Waals surface area (Å²) < 4.78 is 0. The first-order valence-corrected chi connectivity index (χ1v) is 7.17. The summed E-state index contributed by atoms with van der Waals surface area (Å²) in [6, 6.07) is 5.15. The Morgan fingerprint density at radius 1 is 1.43 bits per heavy atom. The second kappa shape index (κ2) is 6.36. The first-order chi connectivity index (χ1) is 9.97. The van der Waals surface area contributed by atoms with Gasteiger partial charge in [0.05, 0.1) is 5.01 Å². The first kappa shape index (κ1) is 15.0. The minimum absolute atomic E-state index is 0.0348. The lowest BCUT2D eigenvalue weighted by molar-refractivity contribution is 0.0690. The smallest absolute Gasteiger partial charge is 0.355 e. The molecule has 0 fully saturated rings. The van der Waals surface area contributed by atoms with Gasteiger partial charge in [-0.15, -0.1) is 11.3 Å². The third-order valence-electron chi connectivity index (χ3n) is 2.94. The van der Waals surface area contributed by atoms with Gasteiger partial charge in [-0.2, -0.15) is 0 Å². The van der Waals surface area contributed by atoms with Crippen LogP contribution in [-0.4, -0.2) is 28.5 Å². The molecular formula is C14H15N3O3S. The number of nitrogens with one attached hydrogen (secondary N) is 1. The molecule has 0 unspecified atom stereocenters. The monoisotopic (exact) mass is 305 g/mol. The summed E-state index contributed by atoms with van der Waals surface area (Å²) in [6.07, 6.45) is 0.491. The van der Waals surface area contributed by atoms with Crippen LogP contribution in [0.25, 0.3) is 0 Å². The molecule has 7 heteroatoms. The van der Waals surface area contributed by atoms with Gasteiger partial charge in [0.15, 0.2) is 5.69 Å². The van der Waals surface area contributed by atoms with E-state index in [1.807, 2.05) is 6.92 Å². The van der Waals surface area contributed by atoms with E-state index in [4.69, 9.17) is 10.8 Å². The fourth-order valence-corrected chi connectivity index (χ4v) is 2.46. The average molecular weight is 305 g/mol. The maximum Gasteiger partial charge on any atom is 0.355 e. The molecule has 0 saturated carbocycles. The van der Waals surface area contributed by atoms with Gasteiger partial charge in [0.1, 0.15) is 0 Å². The third kappa shape index (κ3) is 3.79. The number of hydrogen-bond donors (Lipinski definition) is 3. The molecule has 2 aromatic rings. The standard InChI is InChI=1S/C14H15N3O3S/c1-8-2-3-9(6-10(8)15)13(18)16-5-4-12-17-11(7-21-12)14(19)20/h2-3,6-7H,4-5,15H2,1H3,(H,16,18)(H,19,20). The van der Waals surface area contributed by atoms with Gasteiger partial charge in [-0.05, 0) is 24.6 Å². The van der Waals surface area contributed by atoms with Crippen molar-refractivity contribution in [2.45, 2.75) is 13.3 Å². The van der Waals surface area contributed by atoms with Gasteiger partial charge >= 0.3 is 5.97 Å². The topological polar surface area (TPSA) is 105 Å². The highest BCUT2D eigenvalue weighted by Crippen LogP contribution is 2.13. The Hall–Kier alpha value is -2.41. The van der Waals surface area contributed by atoms with Crippen LogP contribution in [0.1, 0.15) is 31.4 Å². The summed E-state index contributed by atoms with van der Waals surface area (Å²) in [4.78, 5) is 26.6. The molecule has 21 heavy (non-hydrogen) atoms. The molecule has 6 nitrogen and oxygen atoms in total. The number of carbonyl (C=O) groups excluding carboxylic acids is 1. The first-order valence-electron chi connectivity index (χ1n) is 6.29. The summed E-state index contributed by atoms with van der Waals surface area (Å²) in [7, 11) is 0. The molecule has 1 aromatic carbocycles. The highest BCUT2D eigenvalue weighted by Gasteiger charge is 2.10. The molecule has 0 atom stereocenters. The summed E-state index contributed by atoms with van der Waals surface area (Å²) in [5.41, 5.74) is 7.81. The number of carboxylic acids is 1. The molecule has 0 aliphatic rings. The molecule has 110 valence electrons. The normalized spacial score (nSPS) is 10.3. The van der Waals surface area contributed by atoms with E-state index < -0.39 is 5.97 Å². The van der Waals surface area contributed by atoms with Crippen molar-refractivity contribution in [3.05, 3.63) is 45.4 Å². The largest absolute Gasteiger partial charge is 0.476 e. The zero-order chi connectivity index (χ0) is 15.4. The van der Waals surface area contributed by atoms with Gasteiger partial charge in [-0.1, -0.05) is 6.07 Å². The number of aromatic carboxylic acids is 1. The van der Waals surface area contributed by atoms with Crippen LogP contribution in [0.4, 0.5) is 5.69 Å². The number of aromatic nitrogens is 1. The molecule has 0 spiro atoms. The van der Waals surface area contributed by atoms with Gasteiger partial charge in [0.25, 0.3) is 5.91 Å². The lowest BCUT2D eigenvalue weighted by Gasteiger charge is -2.06. The summed E-state index contributed by atoms with van der Waals surface area (Å²) in [5, 5.41) is 13.7. The predicted molar refractivity (Wildman–Crippen MR) is 80.7 cm³/mol. The fourth-order valence-electron chi connectivity index (χ4n) is 1.69. The quantitative estimate of drug-likeness (QED) is 0.729. The Kier molecular flexibility index (Phi) is 4.54. The molecule has 0 bridgehead atoms. The van der Waals surface area contributed by atoms with Crippen molar-refractivity contribution in [2.75, 3.05) is 12.3 Å². The van der Waals surface area contributed by atoms with E-state index in [0.29, 0.717) is 29.2 Å². The highest BCUT2D eigenvalue weighted by molar-refractivity contribution is 7.09. The van der Waals surface area contributed by atoms with E-state index >= 15 is 0 Å². The van der Waals surface area contributed by atoms with Crippen LogP contribution in [0.2, 0.25) is 0 Å². The van der Waals surface area contributed by atoms with E-state index in [2.05, 4.69) is 10.3 Å². The van der Waals surface area contributed by atoms with Crippen molar-refractivity contribution < 1.29 is 14.7 Å². The Bertz CT molecular complexity index is 682. The van der Waals surface area contributed by atoms with Gasteiger partial charge in [0.2, 0.25) is 0 Å². The van der Waals surface area contributed by atoms with E-state index in [9.17, 15) is 9.59 Å². The molecule has 0 radical (unpaired) electrons. The average Bonchev–Trinajstić information content (AvgIpc) is 2.91. The third-order valence-corrected chi connectivity index (χ3v) is 3.85. The Morgan fingerprint density at radius 3 is 2.81 bits per heavy atom. The van der Waals surface area contributed by atoms with E-state index in [-0.39, 0.29) is 11.6 Å². The predicted octanol–water partition coefficient (Wildman–Crippen LogP) is 1.70. The van der Waals surface area contributed by atoms with Crippen LogP contribution >= 0.6 is 11.3 Å². The molecule has 0 aliphatic carbocycles. The molecule has 1 amide bonds. The van der Waals surface area contributed by atoms with Gasteiger partial charge < -0.3 is 16.2 Å². The van der Waals surface area contributed by atoms with Crippen molar-refractivity contribution >= 4 is 28.9 Å². The minimum atomic E-state index is -1.04. The van der Waals surface area contributed by atoms with Crippen LogP contribution < -0.4 is 11.1 Å². The van der Waals surface area contributed by atoms with Gasteiger partial charge in [-0.3, -0.25) is 4.79 Å². The SMILES string of the molecule is Cc1ccc(C(=O)NCCc2nc(C(=O)O)cs2)cc1N. The number of nitrogens with two attached hydrogens (primary N) is 1. The number of aryl methyl sites for hydroxylation is 1. The van der Waals surface area contributed by atoms with Crippen LogP contribution in [0.3, 0.4) is 0 Å². The number of amides is 1. The Morgan fingerprint density at radius 2 is 2.19 bits per heavy atom. The lowest BCUT2D eigenvalue weighted by atomic mass is 10.1. The van der Waals surface area contributed by atoms with Crippen molar-refractivity contribution in [1.82, 2.24) is 10.3 Å². The number of anilines is 1. The molecule has 4 N–H and O–H groups in total. The zero-order valence-electron chi connectivity index (χ0n) is 11.4. The van der Waals surface area contributed by atoms with E-state index in [0.717, 1.165) is 5.56 Å². The second-order valence-electron chi connectivity index (χ2n) is 4.51. The minimum Gasteiger partial charge on any atom is -0.476 e. The van der Waals surface area contributed by atoms with Crippen molar-refractivity contribution in [3.8, 4) is 0 Å². The molecule has 0 saturated heterocycles. The molecule has 1 heterocycles. The van der Waals surface area contributed by atoms with E-state index in [1.54, 1.807) is 18.2 Å². The second-order valence-corrected chi connectivity index (χ2v) is 5.45. The molecule has 2 rings (SSSR count). The molecule has 1 aromatic heterocycles. The molecular weight excluding hydrogens is 290 g/mol. The van der Waals surface area contributed by atoms with Crippen LogP contribution in [0, 0.1) is 6.92 Å². The number of carboxylic acid groups (broad SMARTS) is 1. The summed E-state index contributed by atoms with van der Waals surface area (Å²) >= 11 is 1.27. The van der Waals surface area contributed by atoms with Crippen LogP contribution in [0.15, 0.2) is 23.6 Å².